The Bertz CT molecular complexity index is 406. The number of hydrogen-bond donors (Lipinski definition) is 2. The summed E-state index contributed by atoms with van der Waals surface area (Å²) in [4.78, 5) is 4.33. The zero-order valence-corrected chi connectivity index (χ0v) is 13.1. The van der Waals surface area contributed by atoms with E-state index in [1.807, 2.05) is 26.0 Å². The number of nitrogens with one attached hydrogen (secondary N) is 2. The van der Waals surface area contributed by atoms with Gasteiger partial charge in [-0.3, -0.25) is 0 Å². The van der Waals surface area contributed by atoms with E-state index in [9.17, 15) is 0 Å². The summed E-state index contributed by atoms with van der Waals surface area (Å²) in [6.07, 6.45) is 5.59. The molecule has 0 aromatic carbocycles. The Morgan fingerprint density at radius 1 is 1.38 bits per heavy atom. The van der Waals surface area contributed by atoms with E-state index < -0.39 is 0 Å². The highest BCUT2D eigenvalue weighted by molar-refractivity contribution is 5.49. The van der Waals surface area contributed by atoms with E-state index in [1.165, 1.54) is 0 Å². The lowest BCUT2D eigenvalue weighted by molar-refractivity contribution is 0.0329. The molecule has 1 fully saturated rings. The largest absolute Gasteiger partial charge is 0.487 e. The molecule has 21 heavy (non-hydrogen) atoms. The Hall–Kier alpha value is -1.33. The van der Waals surface area contributed by atoms with Gasteiger partial charge in [0.1, 0.15) is 0 Å². The highest BCUT2D eigenvalue weighted by Crippen LogP contribution is 2.21. The van der Waals surface area contributed by atoms with Crippen molar-refractivity contribution in [3.8, 4) is 5.75 Å². The molecule has 0 unspecified atom stereocenters. The SMILES string of the molecule is CC(C)Oc1cccnc1NCCCOC1CCNCC1. The van der Waals surface area contributed by atoms with Crippen molar-refractivity contribution in [2.24, 2.45) is 0 Å². The zero-order chi connectivity index (χ0) is 14.9. The summed E-state index contributed by atoms with van der Waals surface area (Å²) in [6, 6.07) is 3.84. The lowest BCUT2D eigenvalue weighted by atomic mass is 10.1. The summed E-state index contributed by atoms with van der Waals surface area (Å²) in [5.41, 5.74) is 0. The fourth-order valence-corrected chi connectivity index (χ4v) is 2.36. The van der Waals surface area contributed by atoms with Gasteiger partial charge in [-0.25, -0.2) is 4.98 Å². The first kappa shape index (κ1) is 16.0. The van der Waals surface area contributed by atoms with Gasteiger partial charge in [0.15, 0.2) is 11.6 Å². The van der Waals surface area contributed by atoms with Crippen LogP contribution in [0.4, 0.5) is 5.82 Å². The number of aromatic nitrogens is 1. The molecule has 5 heteroatoms. The van der Waals surface area contributed by atoms with Gasteiger partial charge >= 0.3 is 0 Å². The predicted octanol–water partition coefficient (Wildman–Crippen LogP) is 2.44. The molecule has 5 nitrogen and oxygen atoms in total. The molecule has 0 atom stereocenters. The minimum atomic E-state index is 0.151. The van der Waals surface area contributed by atoms with Crippen molar-refractivity contribution < 1.29 is 9.47 Å². The van der Waals surface area contributed by atoms with Gasteiger partial charge in [-0.15, -0.1) is 0 Å². The summed E-state index contributed by atoms with van der Waals surface area (Å²) in [5.74, 6) is 1.62. The molecular weight excluding hydrogens is 266 g/mol. The number of hydrogen-bond acceptors (Lipinski definition) is 5. The van der Waals surface area contributed by atoms with Gasteiger partial charge < -0.3 is 20.1 Å². The van der Waals surface area contributed by atoms with E-state index in [4.69, 9.17) is 9.47 Å². The number of ether oxygens (including phenoxy) is 2. The molecule has 0 aliphatic carbocycles. The van der Waals surface area contributed by atoms with Crippen LogP contribution in [0.25, 0.3) is 0 Å². The average Bonchev–Trinajstić information content (AvgIpc) is 2.49. The van der Waals surface area contributed by atoms with Gasteiger partial charge in [0, 0.05) is 19.3 Å². The Labute approximate surface area is 127 Å². The number of pyridine rings is 1. The average molecular weight is 293 g/mol. The summed E-state index contributed by atoms with van der Waals surface area (Å²) in [7, 11) is 0. The monoisotopic (exact) mass is 293 g/mol. The third-order valence-electron chi connectivity index (χ3n) is 3.39. The van der Waals surface area contributed by atoms with Crippen LogP contribution in [0, 0.1) is 0 Å². The minimum Gasteiger partial charge on any atom is -0.487 e. The van der Waals surface area contributed by atoms with Crippen LogP contribution in [0.2, 0.25) is 0 Å². The van der Waals surface area contributed by atoms with E-state index in [-0.39, 0.29) is 6.10 Å². The molecule has 2 heterocycles. The minimum absolute atomic E-state index is 0.151. The third kappa shape index (κ3) is 5.89. The smallest absolute Gasteiger partial charge is 0.168 e. The Morgan fingerprint density at radius 3 is 2.95 bits per heavy atom. The van der Waals surface area contributed by atoms with Crippen molar-refractivity contribution in [3.05, 3.63) is 18.3 Å². The maximum Gasteiger partial charge on any atom is 0.168 e. The number of rotatable bonds is 8. The summed E-state index contributed by atoms with van der Waals surface area (Å²) < 4.78 is 11.6. The lowest BCUT2D eigenvalue weighted by Crippen LogP contribution is -2.32. The van der Waals surface area contributed by atoms with Crippen molar-refractivity contribution in [1.82, 2.24) is 10.3 Å². The van der Waals surface area contributed by atoms with Crippen LogP contribution >= 0.6 is 0 Å². The molecule has 2 rings (SSSR count). The van der Waals surface area contributed by atoms with Crippen LogP contribution in [-0.2, 0) is 4.74 Å². The van der Waals surface area contributed by atoms with E-state index in [0.29, 0.717) is 6.10 Å². The van der Waals surface area contributed by atoms with Gasteiger partial charge in [0.2, 0.25) is 0 Å². The fraction of sp³-hybridized carbons (Fsp3) is 0.688. The van der Waals surface area contributed by atoms with Crippen LogP contribution in [0.3, 0.4) is 0 Å². The van der Waals surface area contributed by atoms with Crippen LogP contribution < -0.4 is 15.4 Å². The molecule has 118 valence electrons. The van der Waals surface area contributed by atoms with E-state index in [0.717, 1.165) is 57.1 Å². The molecule has 1 aromatic rings. The second-order valence-electron chi connectivity index (χ2n) is 5.62. The van der Waals surface area contributed by atoms with Crippen LogP contribution in [0.1, 0.15) is 33.1 Å². The van der Waals surface area contributed by atoms with Gasteiger partial charge in [0.25, 0.3) is 0 Å². The molecule has 0 saturated carbocycles. The number of nitrogens with zero attached hydrogens (tertiary/aromatic N) is 1. The molecule has 0 radical (unpaired) electrons. The summed E-state index contributed by atoms with van der Waals surface area (Å²) in [5, 5.41) is 6.67. The first-order chi connectivity index (χ1) is 10.3. The molecule has 0 bridgehead atoms. The van der Waals surface area contributed by atoms with Crippen molar-refractivity contribution in [2.45, 2.75) is 45.3 Å². The fourth-order valence-electron chi connectivity index (χ4n) is 2.36. The highest BCUT2D eigenvalue weighted by Gasteiger charge is 2.12. The molecule has 1 aliphatic rings. The van der Waals surface area contributed by atoms with E-state index in [1.54, 1.807) is 6.20 Å². The van der Waals surface area contributed by atoms with E-state index >= 15 is 0 Å². The first-order valence-electron chi connectivity index (χ1n) is 7.93. The third-order valence-corrected chi connectivity index (χ3v) is 3.39. The Morgan fingerprint density at radius 2 is 2.19 bits per heavy atom. The topological polar surface area (TPSA) is 55.4 Å². The van der Waals surface area contributed by atoms with Gasteiger partial charge in [-0.2, -0.15) is 0 Å². The molecule has 1 aromatic heterocycles. The summed E-state index contributed by atoms with van der Waals surface area (Å²) >= 11 is 0. The second kappa shape index (κ2) is 8.85. The Balaban J connectivity index is 1.66. The number of anilines is 1. The Kier molecular flexibility index (Phi) is 6.76. The molecular formula is C16H27N3O2. The van der Waals surface area contributed by atoms with E-state index in [2.05, 4.69) is 15.6 Å². The molecule has 0 spiro atoms. The number of piperidine rings is 1. The van der Waals surface area contributed by atoms with Crippen LogP contribution in [-0.4, -0.2) is 43.4 Å². The predicted molar refractivity (Wildman–Crippen MR) is 85.0 cm³/mol. The molecule has 1 saturated heterocycles. The van der Waals surface area contributed by atoms with Crippen molar-refractivity contribution in [1.29, 1.82) is 0 Å². The molecule has 0 amide bonds. The van der Waals surface area contributed by atoms with Crippen molar-refractivity contribution in [3.63, 3.8) is 0 Å². The quantitative estimate of drug-likeness (QED) is 0.721. The molecule has 2 N–H and O–H groups in total. The van der Waals surface area contributed by atoms with Crippen molar-refractivity contribution in [2.75, 3.05) is 31.6 Å². The van der Waals surface area contributed by atoms with Gasteiger partial charge in [0.05, 0.1) is 12.2 Å². The maximum absolute atomic E-state index is 5.88. The van der Waals surface area contributed by atoms with Gasteiger partial charge in [-0.1, -0.05) is 0 Å². The van der Waals surface area contributed by atoms with Crippen LogP contribution in [0.5, 0.6) is 5.75 Å². The highest BCUT2D eigenvalue weighted by atomic mass is 16.5. The van der Waals surface area contributed by atoms with Crippen molar-refractivity contribution >= 4 is 5.82 Å². The molecule has 1 aliphatic heterocycles. The van der Waals surface area contributed by atoms with Crippen LogP contribution in [0.15, 0.2) is 18.3 Å². The van der Waals surface area contributed by atoms with Gasteiger partial charge in [-0.05, 0) is 58.3 Å². The second-order valence-corrected chi connectivity index (χ2v) is 5.62. The maximum atomic E-state index is 5.88. The first-order valence-corrected chi connectivity index (χ1v) is 7.93. The standard InChI is InChI=1S/C16H27N3O2/c1-13(2)21-15-5-3-8-18-16(15)19-9-4-12-20-14-6-10-17-11-7-14/h3,5,8,13-14,17H,4,6-7,9-12H2,1-2H3,(H,18,19). The summed E-state index contributed by atoms with van der Waals surface area (Å²) in [6.45, 7) is 7.83. The normalized spacial score (nSPS) is 16.1. The lowest BCUT2D eigenvalue weighted by Gasteiger charge is -2.23. The zero-order valence-electron chi connectivity index (χ0n) is 13.1.